The number of amides is 4. The van der Waals surface area contributed by atoms with Crippen LogP contribution in [-0.2, 0) is 35.2 Å². The first-order valence-corrected chi connectivity index (χ1v) is 12.1. The zero-order valence-corrected chi connectivity index (χ0v) is 21.1. The van der Waals surface area contributed by atoms with Crippen molar-refractivity contribution in [3.63, 3.8) is 0 Å². The van der Waals surface area contributed by atoms with Crippen LogP contribution in [0.1, 0.15) is 24.8 Å². The van der Waals surface area contributed by atoms with E-state index < -0.39 is 66.2 Å². The molecular weight excluding hydrogens is 520 g/mol. The Labute approximate surface area is 222 Å². The first-order chi connectivity index (χ1) is 17.9. The van der Waals surface area contributed by atoms with Crippen LogP contribution in [0.25, 0.3) is 10.9 Å². The van der Waals surface area contributed by atoms with E-state index in [9.17, 15) is 33.9 Å². The number of hydrogen-bond acceptors (Lipinski definition) is 8. The van der Waals surface area contributed by atoms with Gasteiger partial charge in [0.2, 0.25) is 23.6 Å². The van der Waals surface area contributed by atoms with Gasteiger partial charge < -0.3 is 42.6 Å². The number of nitrogens with two attached hydrogens (primary N) is 2. The number of carbonyl (C=O) groups is 6. The van der Waals surface area contributed by atoms with Gasteiger partial charge in [0.15, 0.2) is 0 Å². The van der Waals surface area contributed by atoms with Crippen LogP contribution in [0, 0.1) is 0 Å². The van der Waals surface area contributed by atoms with Gasteiger partial charge in [-0.1, -0.05) is 18.2 Å². The van der Waals surface area contributed by atoms with Gasteiger partial charge in [-0.25, -0.2) is 4.79 Å². The first-order valence-electron chi connectivity index (χ1n) is 11.5. The van der Waals surface area contributed by atoms with E-state index in [4.69, 9.17) is 16.6 Å². The van der Waals surface area contributed by atoms with Gasteiger partial charge in [-0.05, 0) is 18.1 Å². The number of carbonyl (C=O) groups excluding carboxylic acids is 4. The van der Waals surface area contributed by atoms with Crippen molar-refractivity contribution < 1.29 is 39.0 Å². The maximum Gasteiger partial charge on any atom is 0.327 e. The molecule has 4 atom stereocenters. The predicted octanol–water partition coefficient (Wildman–Crippen LogP) is -1.75. The fraction of sp³-hybridized carbons (Fsp3) is 0.391. The molecule has 0 spiro atoms. The minimum atomic E-state index is -1.48. The Morgan fingerprint density at radius 2 is 1.53 bits per heavy atom. The van der Waals surface area contributed by atoms with Crippen molar-refractivity contribution in [1.82, 2.24) is 20.9 Å². The normalized spacial score (nSPS) is 14.1. The number of thiol groups is 1. The number of aliphatic carboxylic acids is 2. The summed E-state index contributed by atoms with van der Waals surface area (Å²) in [5, 5.41) is 26.0. The van der Waals surface area contributed by atoms with Crippen molar-refractivity contribution in [2.45, 2.75) is 49.9 Å². The number of H-pyrrole nitrogens is 1. The van der Waals surface area contributed by atoms with E-state index in [1.165, 1.54) is 0 Å². The van der Waals surface area contributed by atoms with Crippen LogP contribution >= 0.6 is 12.6 Å². The number of fused-ring (bicyclic) bond motifs is 1. The van der Waals surface area contributed by atoms with Gasteiger partial charge in [-0.15, -0.1) is 0 Å². The number of hydrogen-bond donors (Lipinski definition) is 9. The van der Waals surface area contributed by atoms with E-state index in [-0.39, 0.29) is 25.0 Å². The van der Waals surface area contributed by atoms with E-state index in [1.54, 1.807) is 24.4 Å². The lowest BCUT2D eigenvalue weighted by atomic mass is 10.0. The third-order valence-electron chi connectivity index (χ3n) is 5.57. The lowest BCUT2D eigenvalue weighted by Crippen LogP contribution is -2.58. The quantitative estimate of drug-likeness (QED) is 0.114. The summed E-state index contributed by atoms with van der Waals surface area (Å²) in [6, 6.07) is 1.68. The summed E-state index contributed by atoms with van der Waals surface area (Å²) in [6.45, 7) is 0. The monoisotopic (exact) mass is 550 g/mol. The van der Waals surface area contributed by atoms with Gasteiger partial charge in [0, 0.05) is 35.7 Å². The molecule has 2 rings (SSSR count). The van der Waals surface area contributed by atoms with E-state index in [0.717, 1.165) is 10.9 Å². The molecule has 10 N–H and O–H groups in total. The topological polar surface area (TPSA) is 247 Å². The number of aromatic nitrogens is 1. The molecule has 206 valence electrons. The Morgan fingerprint density at radius 1 is 0.921 bits per heavy atom. The number of rotatable bonds is 15. The van der Waals surface area contributed by atoms with Gasteiger partial charge >= 0.3 is 11.9 Å². The summed E-state index contributed by atoms with van der Waals surface area (Å²) < 4.78 is 0. The molecule has 14 nitrogen and oxygen atoms in total. The molecule has 38 heavy (non-hydrogen) atoms. The summed E-state index contributed by atoms with van der Waals surface area (Å²) in [5.41, 5.74) is 12.1. The molecule has 1 aromatic heterocycles. The Morgan fingerprint density at radius 3 is 2.13 bits per heavy atom. The molecule has 0 aliphatic carbocycles. The highest BCUT2D eigenvalue weighted by atomic mass is 32.1. The van der Waals surface area contributed by atoms with Crippen molar-refractivity contribution in [1.29, 1.82) is 0 Å². The maximum atomic E-state index is 13.2. The lowest BCUT2D eigenvalue weighted by molar-refractivity contribution is -0.141. The second-order valence-corrected chi connectivity index (χ2v) is 8.84. The highest BCUT2D eigenvalue weighted by molar-refractivity contribution is 7.80. The molecule has 1 heterocycles. The number of primary amides is 1. The van der Waals surface area contributed by atoms with Gasteiger partial charge in [0.1, 0.15) is 18.1 Å². The Balaban J connectivity index is 2.31. The van der Waals surface area contributed by atoms with Crippen molar-refractivity contribution in [3.05, 3.63) is 36.0 Å². The molecule has 4 amide bonds. The minimum absolute atomic E-state index is 0.0600. The van der Waals surface area contributed by atoms with Crippen molar-refractivity contribution >= 4 is 59.1 Å². The smallest absolute Gasteiger partial charge is 0.327 e. The third-order valence-corrected chi connectivity index (χ3v) is 5.94. The van der Waals surface area contributed by atoms with Crippen molar-refractivity contribution in [2.75, 3.05) is 5.75 Å². The Bertz CT molecular complexity index is 1200. The van der Waals surface area contributed by atoms with E-state index >= 15 is 0 Å². The summed E-state index contributed by atoms with van der Waals surface area (Å²) in [6.07, 6.45) is 0.300. The largest absolute Gasteiger partial charge is 0.481 e. The standard InChI is InChI=1S/C23H30N6O8S/c24-13(8-19(31)32)20(33)27-15(5-6-18(25)30)21(34)28-16(22(35)29-17(10-38)23(36)37)7-11-9-26-14-4-2-1-3-12(11)14/h1-4,9,13,15-17,26,38H,5-8,10,24H2,(H2,25,30)(H,27,33)(H,28,34)(H,29,35)(H,31,32)(H,36,37). The van der Waals surface area contributed by atoms with Gasteiger partial charge in [0.25, 0.3) is 0 Å². The third kappa shape index (κ3) is 8.77. The SMILES string of the molecule is NC(=O)CCC(NC(=O)C(N)CC(=O)O)C(=O)NC(Cc1c[nH]c2ccccc12)C(=O)NC(CS)C(=O)O. The molecular formula is C23H30N6O8S. The minimum Gasteiger partial charge on any atom is -0.481 e. The summed E-state index contributed by atoms with van der Waals surface area (Å²) >= 11 is 3.93. The van der Waals surface area contributed by atoms with Gasteiger partial charge in [-0.2, -0.15) is 12.6 Å². The molecule has 0 saturated carbocycles. The number of para-hydroxylation sites is 1. The second-order valence-electron chi connectivity index (χ2n) is 8.48. The summed E-state index contributed by atoms with van der Waals surface area (Å²) in [7, 11) is 0. The Kier molecular flexibility index (Phi) is 11.1. The van der Waals surface area contributed by atoms with E-state index in [0.29, 0.717) is 5.56 Å². The zero-order chi connectivity index (χ0) is 28.4. The molecule has 2 aromatic rings. The molecule has 0 radical (unpaired) electrons. The molecule has 0 bridgehead atoms. The average molecular weight is 551 g/mol. The Hall–Kier alpha value is -4.11. The number of carboxylic acids is 2. The first kappa shape index (κ1) is 30.1. The van der Waals surface area contributed by atoms with Crippen LogP contribution in [0.4, 0.5) is 0 Å². The number of carboxylic acid groups (broad SMARTS) is 2. The number of nitrogens with one attached hydrogen (secondary N) is 4. The predicted molar refractivity (Wildman–Crippen MR) is 138 cm³/mol. The maximum absolute atomic E-state index is 13.2. The second kappa shape index (κ2) is 14.0. The van der Waals surface area contributed by atoms with Crippen LogP contribution < -0.4 is 27.4 Å². The van der Waals surface area contributed by atoms with Crippen molar-refractivity contribution in [2.24, 2.45) is 11.5 Å². The highest BCUT2D eigenvalue weighted by Crippen LogP contribution is 2.19. The van der Waals surface area contributed by atoms with E-state index in [2.05, 4.69) is 33.6 Å². The number of aromatic amines is 1. The van der Waals surface area contributed by atoms with Crippen LogP contribution in [0.3, 0.4) is 0 Å². The van der Waals surface area contributed by atoms with Crippen molar-refractivity contribution in [3.8, 4) is 0 Å². The van der Waals surface area contributed by atoms with Gasteiger partial charge in [0.05, 0.1) is 12.5 Å². The van der Waals surface area contributed by atoms with E-state index in [1.807, 2.05) is 6.07 Å². The molecule has 1 aromatic carbocycles. The van der Waals surface area contributed by atoms with Crippen LogP contribution in [0.2, 0.25) is 0 Å². The van der Waals surface area contributed by atoms with Gasteiger partial charge in [-0.3, -0.25) is 24.0 Å². The summed E-state index contributed by atoms with van der Waals surface area (Å²) in [5.74, 6) is -6.32. The van der Waals surface area contributed by atoms with Crippen LogP contribution in [0.5, 0.6) is 0 Å². The molecule has 4 unspecified atom stereocenters. The molecule has 15 heteroatoms. The summed E-state index contributed by atoms with van der Waals surface area (Å²) in [4.78, 5) is 75.3. The fourth-order valence-electron chi connectivity index (χ4n) is 3.57. The highest BCUT2D eigenvalue weighted by Gasteiger charge is 2.31. The van der Waals surface area contributed by atoms with Crippen LogP contribution in [-0.4, -0.2) is 80.7 Å². The molecule has 0 saturated heterocycles. The average Bonchev–Trinajstić information content (AvgIpc) is 3.26. The van der Waals surface area contributed by atoms with Crippen LogP contribution in [0.15, 0.2) is 30.5 Å². The molecule has 0 fully saturated rings. The molecule has 0 aliphatic heterocycles. The number of benzene rings is 1. The molecule has 0 aliphatic rings. The zero-order valence-electron chi connectivity index (χ0n) is 20.2. The fourth-order valence-corrected chi connectivity index (χ4v) is 3.82. The lowest BCUT2D eigenvalue weighted by Gasteiger charge is -2.25.